The first-order valence-electron chi connectivity index (χ1n) is 8.19. The molecule has 0 aliphatic heterocycles. The van der Waals surface area contributed by atoms with Gasteiger partial charge in [-0.3, -0.25) is 14.4 Å². The van der Waals surface area contributed by atoms with Crippen LogP contribution in [0.2, 0.25) is 5.02 Å². The maximum absolute atomic E-state index is 12.6. The van der Waals surface area contributed by atoms with E-state index in [1.54, 1.807) is 48.5 Å². The summed E-state index contributed by atoms with van der Waals surface area (Å²) in [6, 6.07) is 15.0. The average molecular weight is 374 g/mol. The van der Waals surface area contributed by atoms with Crippen molar-refractivity contribution in [3.8, 4) is 0 Å². The Bertz CT molecular complexity index is 759. The van der Waals surface area contributed by atoms with Crippen LogP contribution in [0.3, 0.4) is 0 Å². The van der Waals surface area contributed by atoms with Gasteiger partial charge < -0.3 is 10.1 Å². The third kappa shape index (κ3) is 6.01. The molecule has 26 heavy (non-hydrogen) atoms. The highest BCUT2D eigenvalue weighted by Crippen LogP contribution is 2.13. The van der Waals surface area contributed by atoms with Crippen molar-refractivity contribution in [2.45, 2.75) is 25.3 Å². The van der Waals surface area contributed by atoms with E-state index >= 15 is 0 Å². The number of carbonyl (C=O) groups excluding carboxylic acids is 3. The molecular weight excluding hydrogens is 354 g/mol. The molecule has 5 nitrogen and oxygen atoms in total. The summed E-state index contributed by atoms with van der Waals surface area (Å²) in [4.78, 5) is 36.3. The number of Topliss-reactive ketones (excluding diaryl/α,β-unsaturated/α-hetero) is 1. The Morgan fingerprint density at radius 3 is 2.27 bits per heavy atom. The number of hydrogen-bond donors (Lipinski definition) is 1. The number of rotatable bonds is 8. The molecule has 2 aromatic carbocycles. The van der Waals surface area contributed by atoms with Crippen LogP contribution in [0, 0.1) is 0 Å². The van der Waals surface area contributed by atoms with Gasteiger partial charge in [0.2, 0.25) is 0 Å². The van der Waals surface area contributed by atoms with Crippen LogP contribution in [-0.4, -0.2) is 30.8 Å². The highest BCUT2D eigenvalue weighted by Gasteiger charge is 2.22. The van der Waals surface area contributed by atoms with Gasteiger partial charge in [-0.25, -0.2) is 0 Å². The van der Waals surface area contributed by atoms with Crippen molar-refractivity contribution in [2.24, 2.45) is 0 Å². The summed E-state index contributed by atoms with van der Waals surface area (Å²) in [5.74, 6) is -1.02. The molecule has 2 aromatic rings. The number of esters is 1. The van der Waals surface area contributed by atoms with E-state index in [1.165, 1.54) is 7.11 Å². The predicted molar refractivity (Wildman–Crippen MR) is 99.1 cm³/mol. The standard InChI is InChI=1S/C20H20ClNO4/c1-26-19(24)12-11-18(23)17(13-14-7-9-16(21)10-8-14)22-20(25)15-5-3-2-4-6-15/h2-10,17H,11-13H2,1H3,(H,22,25). The summed E-state index contributed by atoms with van der Waals surface area (Å²) in [5.41, 5.74) is 1.33. The van der Waals surface area contributed by atoms with Crippen LogP contribution in [0.4, 0.5) is 0 Å². The highest BCUT2D eigenvalue weighted by atomic mass is 35.5. The van der Waals surface area contributed by atoms with Crippen molar-refractivity contribution in [3.05, 3.63) is 70.7 Å². The SMILES string of the molecule is COC(=O)CCC(=O)C(Cc1ccc(Cl)cc1)NC(=O)c1ccccc1. The van der Waals surface area contributed by atoms with E-state index in [0.29, 0.717) is 17.0 Å². The van der Waals surface area contributed by atoms with Crippen molar-refractivity contribution in [1.29, 1.82) is 0 Å². The summed E-state index contributed by atoms with van der Waals surface area (Å²) in [5, 5.41) is 3.36. The molecule has 0 heterocycles. The second kappa shape index (κ2) is 9.73. The van der Waals surface area contributed by atoms with Gasteiger partial charge in [-0.15, -0.1) is 0 Å². The van der Waals surface area contributed by atoms with E-state index in [9.17, 15) is 14.4 Å². The molecule has 1 N–H and O–H groups in total. The number of halogens is 1. The fourth-order valence-corrected chi connectivity index (χ4v) is 2.56. The summed E-state index contributed by atoms with van der Waals surface area (Å²) >= 11 is 5.89. The number of methoxy groups -OCH3 is 1. The zero-order valence-corrected chi connectivity index (χ0v) is 15.2. The van der Waals surface area contributed by atoms with Gasteiger partial charge in [0.05, 0.1) is 19.6 Å². The first-order valence-corrected chi connectivity index (χ1v) is 8.57. The molecule has 0 spiro atoms. The number of benzene rings is 2. The van der Waals surface area contributed by atoms with Crippen LogP contribution < -0.4 is 5.32 Å². The Morgan fingerprint density at radius 2 is 1.65 bits per heavy atom. The zero-order valence-electron chi connectivity index (χ0n) is 14.4. The first kappa shape index (κ1) is 19.7. The molecule has 0 bridgehead atoms. The molecule has 0 saturated carbocycles. The summed E-state index contributed by atoms with van der Waals surface area (Å²) in [6.45, 7) is 0. The second-order valence-electron chi connectivity index (χ2n) is 5.77. The Hall–Kier alpha value is -2.66. The van der Waals surface area contributed by atoms with Crippen LogP contribution in [-0.2, 0) is 20.7 Å². The zero-order chi connectivity index (χ0) is 18.9. The van der Waals surface area contributed by atoms with Crippen molar-refractivity contribution in [1.82, 2.24) is 5.32 Å². The molecule has 1 atom stereocenters. The first-order chi connectivity index (χ1) is 12.5. The van der Waals surface area contributed by atoms with Gasteiger partial charge in [0, 0.05) is 17.0 Å². The van der Waals surface area contributed by atoms with Crippen LogP contribution in [0.15, 0.2) is 54.6 Å². The largest absolute Gasteiger partial charge is 0.469 e. The topological polar surface area (TPSA) is 72.5 Å². The van der Waals surface area contributed by atoms with Gasteiger partial charge in [0.25, 0.3) is 5.91 Å². The number of ether oxygens (including phenoxy) is 1. The van der Waals surface area contributed by atoms with E-state index in [1.807, 2.05) is 6.07 Å². The Morgan fingerprint density at radius 1 is 1.00 bits per heavy atom. The van der Waals surface area contributed by atoms with Gasteiger partial charge >= 0.3 is 5.97 Å². The smallest absolute Gasteiger partial charge is 0.305 e. The lowest BCUT2D eigenvalue weighted by Crippen LogP contribution is -2.42. The molecule has 0 saturated heterocycles. The number of carbonyl (C=O) groups is 3. The minimum Gasteiger partial charge on any atom is -0.469 e. The summed E-state index contributed by atoms with van der Waals surface area (Å²) in [7, 11) is 1.27. The summed E-state index contributed by atoms with van der Waals surface area (Å²) in [6.07, 6.45) is 0.295. The monoisotopic (exact) mass is 373 g/mol. The lowest BCUT2D eigenvalue weighted by atomic mass is 9.99. The summed E-state index contributed by atoms with van der Waals surface area (Å²) < 4.78 is 4.57. The molecule has 1 unspecified atom stereocenters. The maximum Gasteiger partial charge on any atom is 0.305 e. The number of ketones is 1. The molecule has 0 aliphatic rings. The Balaban J connectivity index is 2.11. The molecule has 0 fully saturated rings. The predicted octanol–water partition coefficient (Wildman–Crippen LogP) is 3.20. The van der Waals surface area contributed by atoms with E-state index in [4.69, 9.17) is 11.6 Å². The second-order valence-corrected chi connectivity index (χ2v) is 6.20. The minimum atomic E-state index is -0.742. The highest BCUT2D eigenvalue weighted by molar-refractivity contribution is 6.30. The normalized spacial score (nSPS) is 11.5. The van der Waals surface area contributed by atoms with Crippen LogP contribution in [0.5, 0.6) is 0 Å². The molecular formula is C20H20ClNO4. The fourth-order valence-electron chi connectivity index (χ4n) is 2.43. The van der Waals surface area contributed by atoms with Crippen LogP contribution in [0.1, 0.15) is 28.8 Å². The third-order valence-electron chi connectivity index (χ3n) is 3.89. The van der Waals surface area contributed by atoms with Gasteiger partial charge in [0.15, 0.2) is 5.78 Å². The number of amides is 1. The van der Waals surface area contributed by atoms with Crippen molar-refractivity contribution >= 4 is 29.3 Å². The molecule has 2 rings (SSSR count). The quantitative estimate of drug-likeness (QED) is 0.721. The lowest BCUT2D eigenvalue weighted by molar-refractivity contribution is -0.142. The molecule has 0 aliphatic carbocycles. The Labute approximate surface area is 157 Å². The number of hydrogen-bond acceptors (Lipinski definition) is 4. The molecule has 0 radical (unpaired) electrons. The van der Waals surface area contributed by atoms with E-state index in [2.05, 4.69) is 10.1 Å². The van der Waals surface area contributed by atoms with E-state index in [0.717, 1.165) is 5.56 Å². The van der Waals surface area contributed by atoms with Gasteiger partial charge in [0.1, 0.15) is 0 Å². The van der Waals surface area contributed by atoms with Crippen LogP contribution in [0.25, 0.3) is 0 Å². The minimum absolute atomic E-state index is 0.000000569. The van der Waals surface area contributed by atoms with Crippen molar-refractivity contribution in [3.63, 3.8) is 0 Å². The third-order valence-corrected chi connectivity index (χ3v) is 4.14. The van der Waals surface area contributed by atoms with Crippen LogP contribution >= 0.6 is 11.6 Å². The number of nitrogens with one attached hydrogen (secondary N) is 1. The van der Waals surface area contributed by atoms with E-state index in [-0.39, 0.29) is 24.5 Å². The van der Waals surface area contributed by atoms with Gasteiger partial charge in [-0.05, 0) is 36.2 Å². The molecule has 136 valence electrons. The molecule has 6 heteroatoms. The average Bonchev–Trinajstić information content (AvgIpc) is 2.67. The van der Waals surface area contributed by atoms with E-state index < -0.39 is 12.0 Å². The van der Waals surface area contributed by atoms with Crippen molar-refractivity contribution < 1.29 is 19.1 Å². The fraction of sp³-hybridized carbons (Fsp3) is 0.250. The van der Waals surface area contributed by atoms with Crippen molar-refractivity contribution in [2.75, 3.05) is 7.11 Å². The van der Waals surface area contributed by atoms with Gasteiger partial charge in [-0.1, -0.05) is 41.9 Å². The van der Waals surface area contributed by atoms with Gasteiger partial charge in [-0.2, -0.15) is 0 Å². The maximum atomic E-state index is 12.6. The molecule has 1 amide bonds. The lowest BCUT2D eigenvalue weighted by Gasteiger charge is -2.18. The Kier molecular flexibility index (Phi) is 7.36. The molecule has 0 aromatic heterocycles.